The molecule has 0 bridgehead atoms. The van der Waals surface area contributed by atoms with Gasteiger partial charge >= 0.3 is 0 Å². The molecule has 6 N–H and O–H groups in total. The summed E-state index contributed by atoms with van der Waals surface area (Å²) in [5.74, 6) is -0.293. The summed E-state index contributed by atoms with van der Waals surface area (Å²) in [6.07, 6.45) is -0.808. The van der Waals surface area contributed by atoms with Crippen LogP contribution in [0.5, 0.6) is 11.5 Å². The van der Waals surface area contributed by atoms with E-state index in [1.165, 1.54) is 18.2 Å². The number of nitrogens with zero attached hydrogens (tertiary/aromatic N) is 2. The number of anilines is 1. The van der Waals surface area contributed by atoms with Crippen LogP contribution < -0.4 is 9.03 Å². The number of hydrogen-bond acceptors (Lipinski definition) is 8. The number of nitriles is 1. The van der Waals surface area contributed by atoms with Crippen molar-refractivity contribution in [3.8, 4) is 17.6 Å². The maximum Gasteiger partial charge on any atom is 0.142 e. The Labute approximate surface area is 145 Å². The minimum absolute atomic E-state index is 0.0830. The molecule has 1 aliphatic rings. The number of aliphatic hydroxyl groups excluding tert-OH is 1. The average molecular weight is 363 g/mol. The van der Waals surface area contributed by atoms with Gasteiger partial charge in [-0.1, -0.05) is 29.2 Å². The quantitative estimate of drug-likeness (QED) is 0.486. The lowest BCUT2D eigenvalue weighted by Crippen LogP contribution is -2.25. The highest BCUT2D eigenvalue weighted by Crippen LogP contribution is 2.49. The molecule has 1 heterocycles. The molecule has 2 aromatic carbocycles. The van der Waals surface area contributed by atoms with Gasteiger partial charge in [-0.25, -0.2) is 0 Å². The van der Waals surface area contributed by atoms with Gasteiger partial charge < -0.3 is 15.3 Å². The number of rotatable bonds is 3. The van der Waals surface area contributed by atoms with E-state index in [1.54, 1.807) is 18.2 Å². The number of benzene rings is 2. The van der Waals surface area contributed by atoms with Crippen LogP contribution in [-0.2, 0) is 6.42 Å². The van der Waals surface area contributed by atoms with Crippen molar-refractivity contribution < 1.29 is 24.4 Å². The van der Waals surface area contributed by atoms with Gasteiger partial charge in [0.15, 0.2) is 0 Å². The number of aromatic hydroxyl groups is 2. The first-order chi connectivity index (χ1) is 11.8. The van der Waals surface area contributed by atoms with Crippen molar-refractivity contribution >= 4 is 16.6 Å². The third kappa shape index (κ3) is 3.34. The lowest BCUT2D eigenvalue weighted by Gasteiger charge is -2.36. The Bertz CT molecular complexity index is 852. The average Bonchev–Trinajstić information content (AvgIpc) is 2.80. The minimum Gasteiger partial charge on any atom is -0.507 e. The predicted molar refractivity (Wildman–Crippen MR) is 93.1 cm³/mol. The van der Waals surface area contributed by atoms with Crippen molar-refractivity contribution in [2.45, 2.75) is 12.6 Å². The zero-order valence-electron chi connectivity index (χ0n) is 13.0. The molecule has 0 saturated carbocycles. The molecule has 1 aliphatic heterocycles. The number of phenols is 2. The van der Waals surface area contributed by atoms with Crippen molar-refractivity contribution in [1.29, 1.82) is 5.26 Å². The fourth-order valence-electron chi connectivity index (χ4n) is 2.75. The zero-order valence-corrected chi connectivity index (χ0v) is 13.8. The van der Waals surface area contributed by atoms with Crippen LogP contribution in [0.15, 0.2) is 36.4 Å². The van der Waals surface area contributed by atoms with Crippen LogP contribution in [0.1, 0.15) is 16.7 Å². The summed E-state index contributed by atoms with van der Waals surface area (Å²) in [4.78, 5) is 0. The molecular formula is C16H17N3O5S. The molecule has 9 heteroatoms. The fraction of sp³-hybridized carbons (Fsp3) is 0.188. The molecule has 0 amide bonds. The van der Waals surface area contributed by atoms with Gasteiger partial charge in [0, 0.05) is 0 Å². The Hall–Kier alpha value is -2.48. The third-order valence-electron chi connectivity index (χ3n) is 3.88. The van der Waals surface area contributed by atoms with Crippen LogP contribution in [0.3, 0.4) is 0 Å². The standard InChI is InChI=1S/C16H17N3O5S/c17-8-12-11(2-1-3-14(12)20)6-10-4-5-13(15(21)7-10)19-9-16(22)18-25(19,23)24/h1-5,7,16,18,20-24H,6,9H2. The first-order valence-electron chi connectivity index (χ1n) is 7.36. The van der Waals surface area contributed by atoms with Crippen LogP contribution >= 0.6 is 11.0 Å². The van der Waals surface area contributed by atoms with Crippen LogP contribution in [0.2, 0.25) is 0 Å². The van der Waals surface area contributed by atoms with Crippen molar-refractivity contribution in [1.82, 2.24) is 4.72 Å². The number of hydrogen-bond donors (Lipinski definition) is 6. The third-order valence-corrected chi connectivity index (χ3v) is 5.43. The summed E-state index contributed by atoms with van der Waals surface area (Å²) < 4.78 is 23.2. The second kappa shape index (κ2) is 6.44. The van der Waals surface area contributed by atoms with Gasteiger partial charge in [-0.2, -0.15) is 9.98 Å². The van der Waals surface area contributed by atoms with Gasteiger partial charge in [-0.05, 0) is 35.7 Å². The molecule has 0 radical (unpaired) electrons. The maximum atomic E-state index is 10.3. The number of aliphatic hydroxyl groups is 1. The second-order valence-electron chi connectivity index (χ2n) is 5.64. The zero-order chi connectivity index (χ0) is 18.2. The van der Waals surface area contributed by atoms with Gasteiger partial charge in [-0.3, -0.25) is 13.4 Å². The number of phenolic OH excluding ortho intramolecular Hbond substituents is 2. The molecule has 8 nitrogen and oxygen atoms in total. The fourth-order valence-corrected chi connectivity index (χ4v) is 4.10. The first kappa shape index (κ1) is 17.3. The summed E-state index contributed by atoms with van der Waals surface area (Å²) in [7, 11) is -3.40. The summed E-state index contributed by atoms with van der Waals surface area (Å²) in [5.41, 5.74) is 1.63. The molecule has 1 saturated heterocycles. The van der Waals surface area contributed by atoms with Crippen molar-refractivity contribution in [3.05, 3.63) is 53.1 Å². The molecule has 2 aromatic rings. The minimum atomic E-state index is -3.40. The van der Waals surface area contributed by atoms with Crippen molar-refractivity contribution in [2.24, 2.45) is 0 Å². The van der Waals surface area contributed by atoms with Gasteiger partial charge in [0.1, 0.15) is 29.5 Å². The van der Waals surface area contributed by atoms with E-state index in [-0.39, 0.29) is 29.3 Å². The molecule has 1 unspecified atom stereocenters. The van der Waals surface area contributed by atoms with Gasteiger partial charge in [0.2, 0.25) is 0 Å². The maximum absolute atomic E-state index is 10.3. The van der Waals surface area contributed by atoms with E-state index < -0.39 is 17.2 Å². The van der Waals surface area contributed by atoms with Gasteiger partial charge in [-0.15, -0.1) is 0 Å². The molecule has 3 rings (SSSR count). The first-order valence-corrected chi connectivity index (χ1v) is 8.86. The lowest BCUT2D eigenvalue weighted by atomic mass is 9.99. The largest absolute Gasteiger partial charge is 0.507 e. The molecule has 0 aliphatic carbocycles. The van der Waals surface area contributed by atoms with Crippen molar-refractivity contribution in [2.75, 3.05) is 10.8 Å². The predicted octanol–water partition coefficient (Wildman–Crippen LogP) is 1.87. The van der Waals surface area contributed by atoms with E-state index >= 15 is 0 Å². The van der Waals surface area contributed by atoms with Gasteiger partial charge in [0.05, 0.1) is 12.1 Å². The topological polar surface area (TPSA) is 140 Å². The number of β-amino-alcohol motifs (C(OH)–C–C–N with tert-alkyl or cyclic N) is 1. The molecule has 132 valence electrons. The molecular weight excluding hydrogens is 346 g/mol. The van der Waals surface area contributed by atoms with E-state index in [2.05, 4.69) is 4.72 Å². The monoisotopic (exact) mass is 363 g/mol. The summed E-state index contributed by atoms with van der Waals surface area (Å²) in [6, 6.07) is 11.3. The van der Waals surface area contributed by atoms with Crippen LogP contribution in [0, 0.1) is 11.3 Å². The molecule has 0 spiro atoms. The Morgan fingerprint density at radius 3 is 2.56 bits per heavy atom. The summed E-state index contributed by atoms with van der Waals surface area (Å²) >= 11 is 0. The van der Waals surface area contributed by atoms with E-state index in [1.807, 2.05) is 6.07 Å². The Balaban J connectivity index is 1.89. The highest BCUT2D eigenvalue weighted by Gasteiger charge is 2.36. The normalized spacial score (nSPS) is 20.2. The van der Waals surface area contributed by atoms with E-state index in [4.69, 9.17) is 5.26 Å². The Morgan fingerprint density at radius 1 is 1.20 bits per heavy atom. The van der Waals surface area contributed by atoms with Crippen molar-refractivity contribution in [3.63, 3.8) is 0 Å². The molecule has 1 fully saturated rings. The molecule has 25 heavy (non-hydrogen) atoms. The molecule has 0 aromatic heterocycles. The Kier molecular flexibility index (Phi) is 4.47. The van der Waals surface area contributed by atoms with E-state index in [9.17, 15) is 24.4 Å². The van der Waals surface area contributed by atoms with E-state index in [0.717, 1.165) is 4.31 Å². The van der Waals surface area contributed by atoms with E-state index in [0.29, 0.717) is 17.5 Å². The number of nitrogens with one attached hydrogen (secondary N) is 1. The van der Waals surface area contributed by atoms with Crippen LogP contribution in [0.4, 0.5) is 5.69 Å². The smallest absolute Gasteiger partial charge is 0.142 e. The second-order valence-corrected chi connectivity index (χ2v) is 7.35. The van der Waals surface area contributed by atoms with Gasteiger partial charge in [0.25, 0.3) is 0 Å². The molecule has 1 atom stereocenters. The Morgan fingerprint density at radius 2 is 1.96 bits per heavy atom. The summed E-state index contributed by atoms with van der Waals surface area (Å²) in [6.45, 7) is -0.0830. The SMILES string of the molecule is N#Cc1c(O)cccc1Cc1ccc(N2CC(O)NS2(O)O)c(O)c1. The van der Waals surface area contributed by atoms with Crippen LogP contribution in [-0.4, -0.2) is 37.2 Å². The summed E-state index contributed by atoms with van der Waals surface area (Å²) in [5, 5.41) is 38.7. The highest BCUT2D eigenvalue weighted by atomic mass is 32.3. The van der Waals surface area contributed by atoms with Crippen LogP contribution in [0.25, 0.3) is 0 Å². The highest BCUT2D eigenvalue weighted by molar-refractivity contribution is 8.24. The lowest BCUT2D eigenvalue weighted by molar-refractivity contribution is 0.182.